The van der Waals surface area contributed by atoms with Gasteiger partial charge in [0.25, 0.3) is 0 Å². The number of methoxy groups -OCH3 is 1. The number of likely N-dealkylation sites (N-methyl/N-ethyl adjacent to an activating group) is 1. The highest BCUT2D eigenvalue weighted by Gasteiger charge is 2.18. The van der Waals surface area contributed by atoms with Crippen LogP contribution in [0.4, 0.5) is 5.69 Å². The highest BCUT2D eigenvalue weighted by atomic mass is 35.5. The number of halogens is 1. The molecule has 114 valence electrons. The highest BCUT2D eigenvalue weighted by Crippen LogP contribution is 2.25. The first-order chi connectivity index (χ1) is 9.33. The summed E-state index contributed by atoms with van der Waals surface area (Å²) >= 11 is 6.09. The molecule has 0 unspecified atom stereocenters. The summed E-state index contributed by atoms with van der Waals surface area (Å²) in [6.45, 7) is 6.36. The largest absolute Gasteiger partial charge is 0.389 e. The molecule has 0 saturated heterocycles. The van der Waals surface area contributed by atoms with E-state index in [0.29, 0.717) is 18.2 Å². The maximum atomic E-state index is 9.95. The van der Waals surface area contributed by atoms with E-state index in [9.17, 15) is 5.11 Å². The van der Waals surface area contributed by atoms with E-state index < -0.39 is 5.60 Å². The fourth-order valence-corrected chi connectivity index (χ4v) is 2.27. The predicted octanol–water partition coefficient (Wildman–Crippen LogP) is 2.28. The average Bonchev–Trinajstić information content (AvgIpc) is 2.34. The van der Waals surface area contributed by atoms with Crippen molar-refractivity contribution in [1.29, 1.82) is 0 Å². The topological polar surface area (TPSA) is 44.7 Å². The summed E-state index contributed by atoms with van der Waals surface area (Å²) in [5.41, 5.74) is 1.43. The molecule has 1 rings (SSSR count). The maximum Gasteiger partial charge on any atom is 0.0765 e. The lowest BCUT2D eigenvalue weighted by Gasteiger charge is -2.29. The first-order valence-electron chi connectivity index (χ1n) is 6.75. The van der Waals surface area contributed by atoms with Gasteiger partial charge in [0.2, 0.25) is 0 Å². The van der Waals surface area contributed by atoms with Crippen molar-refractivity contribution in [2.75, 3.05) is 38.8 Å². The van der Waals surface area contributed by atoms with Crippen molar-refractivity contribution in [2.24, 2.45) is 0 Å². The molecule has 0 spiro atoms. The van der Waals surface area contributed by atoms with Gasteiger partial charge in [0.05, 0.1) is 12.2 Å². The van der Waals surface area contributed by atoms with Crippen LogP contribution in [0, 0.1) is 0 Å². The maximum absolute atomic E-state index is 9.95. The molecule has 4 nitrogen and oxygen atoms in total. The van der Waals surface area contributed by atoms with Gasteiger partial charge in [-0.3, -0.25) is 0 Å². The Morgan fingerprint density at radius 3 is 2.70 bits per heavy atom. The molecule has 0 saturated carbocycles. The first kappa shape index (κ1) is 17.2. The monoisotopic (exact) mass is 300 g/mol. The van der Waals surface area contributed by atoms with E-state index in [4.69, 9.17) is 16.3 Å². The van der Waals surface area contributed by atoms with Crippen molar-refractivity contribution in [2.45, 2.75) is 26.0 Å². The third kappa shape index (κ3) is 6.09. The van der Waals surface area contributed by atoms with Gasteiger partial charge in [0.1, 0.15) is 0 Å². The fraction of sp³-hybridized carbons (Fsp3) is 0.600. The molecular formula is C15H25ClN2O2. The van der Waals surface area contributed by atoms with Crippen molar-refractivity contribution >= 4 is 17.3 Å². The summed E-state index contributed by atoms with van der Waals surface area (Å²) in [5.74, 6) is 0. The quantitative estimate of drug-likeness (QED) is 0.723. The van der Waals surface area contributed by atoms with E-state index in [1.807, 2.05) is 30.1 Å². The van der Waals surface area contributed by atoms with Gasteiger partial charge in [-0.2, -0.15) is 0 Å². The lowest BCUT2D eigenvalue weighted by atomic mass is 10.1. The van der Waals surface area contributed by atoms with Crippen LogP contribution in [-0.4, -0.2) is 44.6 Å². The van der Waals surface area contributed by atoms with Crippen LogP contribution >= 0.6 is 11.6 Å². The highest BCUT2D eigenvalue weighted by molar-refractivity contribution is 6.30. The number of hydrogen-bond acceptors (Lipinski definition) is 4. The van der Waals surface area contributed by atoms with Crippen LogP contribution in [0.2, 0.25) is 5.02 Å². The van der Waals surface area contributed by atoms with Crippen LogP contribution in [0.3, 0.4) is 0 Å². The minimum Gasteiger partial charge on any atom is -0.389 e. The van der Waals surface area contributed by atoms with Gasteiger partial charge in [-0.25, -0.2) is 0 Å². The number of ether oxygens (including phenoxy) is 1. The van der Waals surface area contributed by atoms with Crippen molar-refractivity contribution in [1.82, 2.24) is 5.32 Å². The number of hydrogen-bond donors (Lipinski definition) is 2. The first-order valence-corrected chi connectivity index (χ1v) is 7.13. The zero-order chi connectivity index (χ0) is 15.2. The Morgan fingerprint density at radius 1 is 1.40 bits per heavy atom. The summed E-state index contributed by atoms with van der Waals surface area (Å²) in [6.07, 6.45) is 0. The summed E-state index contributed by atoms with van der Waals surface area (Å²) in [4.78, 5) is 2.03. The molecule has 2 N–H and O–H groups in total. The van der Waals surface area contributed by atoms with E-state index >= 15 is 0 Å². The molecule has 0 atom stereocenters. The fourth-order valence-electron chi connectivity index (χ4n) is 2.10. The molecule has 0 aliphatic heterocycles. The number of nitrogens with one attached hydrogen (secondary N) is 1. The van der Waals surface area contributed by atoms with Gasteiger partial charge in [-0.15, -0.1) is 0 Å². The van der Waals surface area contributed by atoms with Gasteiger partial charge in [-0.1, -0.05) is 17.7 Å². The molecule has 20 heavy (non-hydrogen) atoms. The summed E-state index contributed by atoms with van der Waals surface area (Å²) in [5, 5.41) is 14.0. The van der Waals surface area contributed by atoms with E-state index in [1.54, 1.807) is 21.0 Å². The Balaban J connectivity index is 2.79. The molecule has 0 bridgehead atoms. The average molecular weight is 301 g/mol. The van der Waals surface area contributed by atoms with Crippen molar-refractivity contribution in [3.8, 4) is 0 Å². The molecule has 0 aliphatic rings. The van der Waals surface area contributed by atoms with E-state index in [2.05, 4.69) is 5.32 Å². The predicted molar refractivity (Wildman–Crippen MR) is 84.6 cm³/mol. The molecule has 0 amide bonds. The van der Waals surface area contributed by atoms with E-state index in [1.165, 1.54) is 0 Å². The second kappa shape index (κ2) is 7.84. The second-order valence-electron chi connectivity index (χ2n) is 5.61. The Morgan fingerprint density at radius 2 is 2.10 bits per heavy atom. The summed E-state index contributed by atoms with van der Waals surface area (Å²) in [7, 11) is 3.65. The smallest absolute Gasteiger partial charge is 0.0765 e. The standard InChI is InChI=1S/C15H25ClN2O2/c1-15(2,19)11-18(3)14-9-13(16)6-5-12(14)10-17-7-8-20-4/h5-6,9,17,19H,7-8,10-11H2,1-4H3. The molecule has 1 aromatic rings. The van der Waals surface area contributed by atoms with E-state index in [-0.39, 0.29) is 0 Å². The molecule has 0 radical (unpaired) electrons. The van der Waals surface area contributed by atoms with Gasteiger partial charge in [0.15, 0.2) is 0 Å². The molecular weight excluding hydrogens is 276 g/mol. The lowest BCUT2D eigenvalue weighted by molar-refractivity contribution is 0.0886. The number of rotatable bonds is 8. The number of nitrogens with zero attached hydrogens (tertiary/aromatic N) is 1. The van der Waals surface area contributed by atoms with Gasteiger partial charge in [0, 0.05) is 44.5 Å². The number of anilines is 1. The molecule has 1 aromatic carbocycles. The van der Waals surface area contributed by atoms with Crippen molar-refractivity contribution in [3.05, 3.63) is 28.8 Å². The Labute approximate surface area is 126 Å². The third-order valence-corrected chi connectivity index (χ3v) is 3.12. The SMILES string of the molecule is COCCNCc1ccc(Cl)cc1N(C)CC(C)(C)O. The van der Waals surface area contributed by atoms with Crippen molar-refractivity contribution < 1.29 is 9.84 Å². The van der Waals surface area contributed by atoms with Crippen LogP contribution < -0.4 is 10.2 Å². The van der Waals surface area contributed by atoms with Gasteiger partial charge in [-0.05, 0) is 31.5 Å². The Bertz CT molecular complexity index is 419. The summed E-state index contributed by atoms with van der Waals surface area (Å²) in [6, 6.07) is 5.83. The van der Waals surface area contributed by atoms with E-state index in [0.717, 1.165) is 24.3 Å². The molecule has 0 heterocycles. The molecule has 0 aromatic heterocycles. The van der Waals surface area contributed by atoms with Crippen molar-refractivity contribution in [3.63, 3.8) is 0 Å². The number of benzene rings is 1. The normalized spacial score (nSPS) is 11.7. The minimum atomic E-state index is -0.752. The van der Waals surface area contributed by atoms with Crippen LogP contribution in [0.5, 0.6) is 0 Å². The molecule has 5 heteroatoms. The van der Waals surface area contributed by atoms with Gasteiger partial charge >= 0.3 is 0 Å². The Kier molecular flexibility index (Phi) is 6.76. The summed E-state index contributed by atoms with van der Waals surface area (Å²) < 4.78 is 5.02. The number of aliphatic hydroxyl groups is 1. The van der Waals surface area contributed by atoms with Crippen LogP contribution in [-0.2, 0) is 11.3 Å². The van der Waals surface area contributed by atoms with Crippen LogP contribution in [0.25, 0.3) is 0 Å². The minimum absolute atomic E-state index is 0.540. The Hall–Kier alpha value is -0.810. The zero-order valence-corrected chi connectivity index (χ0v) is 13.5. The van der Waals surface area contributed by atoms with Crippen LogP contribution in [0.1, 0.15) is 19.4 Å². The second-order valence-corrected chi connectivity index (χ2v) is 6.05. The molecule has 0 fully saturated rings. The van der Waals surface area contributed by atoms with Gasteiger partial charge < -0.3 is 20.1 Å². The van der Waals surface area contributed by atoms with Crippen LogP contribution in [0.15, 0.2) is 18.2 Å². The lowest BCUT2D eigenvalue weighted by Crippen LogP contribution is -2.37. The zero-order valence-electron chi connectivity index (χ0n) is 12.7. The third-order valence-electron chi connectivity index (χ3n) is 2.88. The molecule has 0 aliphatic carbocycles.